The normalized spacial score (nSPS) is 10.6. The Labute approximate surface area is 117 Å². The largest absolute Gasteiger partial charge is 0.361 e. The number of para-hydroxylation sites is 1. The highest BCUT2D eigenvalue weighted by Crippen LogP contribution is 2.19. The lowest BCUT2D eigenvalue weighted by molar-refractivity contribution is -0.120. The van der Waals surface area contributed by atoms with Crippen molar-refractivity contribution in [1.82, 2.24) is 10.3 Å². The van der Waals surface area contributed by atoms with Gasteiger partial charge in [0.15, 0.2) is 0 Å². The Kier molecular flexibility index (Phi) is 4.63. The van der Waals surface area contributed by atoms with Gasteiger partial charge in [0.05, 0.1) is 6.54 Å². The van der Waals surface area contributed by atoms with E-state index in [2.05, 4.69) is 29.0 Å². The molecule has 0 aliphatic carbocycles. The molecule has 2 N–H and O–H groups in total. The molecule has 0 bridgehead atoms. The molecule has 0 saturated carbocycles. The van der Waals surface area contributed by atoms with Crippen molar-refractivity contribution in [3.8, 4) is 0 Å². The van der Waals surface area contributed by atoms with E-state index in [1.807, 2.05) is 18.3 Å². The number of aromatic amines is 1. The molecule has 1 amide bonds. The molecule has 0 radical (unpaired) electrons. The van der Waals surface area contributed by atoms with Gasteiger partial charge in [0.25, 0.3) is 0 Å². The number of aromatic nitrogens is 1. The first-order valence-corrected chi connectivity index (χ1v) is 6.69. The molecule has 0 aliphatic heterocycles. The van der Waals surface area contributed by atoms with E-state index in [0.717, 1.165) is 18.4 Å². The van der Waals surface area contributed by atoms with Gasteiger partial charge in [-0.05, 0) is 24.5 Å². The molecule has 19 heavy (non-hydrogen) atoms. The molecule has 0 aliphatic rings. The molecule has 1 heterocycles. The lowest BCUT2D eigenvalue weighted by atomic mass is 10.1. The van der Waals surface area contributed by atoms with Crippen LogP contribution < -0.4 is 5.32 Å². The van der Waals surface area contributed by atoms with Gasteiger partial charge in [-0.2, -0.15) is 0 Å². The first kappa shape index (κ1) is 13.7. The average molecular weight is 277 g/mol. The number of nitrogens with one attached hydrogen (secondary N) is 2. The predicted molar refractivity (Wildman–Crippen MR) is 79.2 cm³/mol. The number of carbonyl (C=O) groups is 1. The lowest BCUT2D eigenvalue weighted by Crippen LogP contribution is -2.24. The number of H-pyrrole nitrogens is 1. The Morgan fingerprint density at radius 2 is 2.16 bits per heavy atom. The summed E-state index contributed by atoms with van der Waals surface area (Å²) in [5.41, 5.74) is 2.39. The summed E-state index contributed by atoms with van der Waals surface area (Å²) in [6.07, 6.45) is 4.23. The number of aryl methyl sites for hydroxylation is 1. The Balaban J connectivity index is 1.83. The summed E-state index contributed by atoms with van der Waals surface area (Å²) in [6.45, 7) is 3.87. The maximum absolute atomic E-state index is 11.5. The van der Waals surface area contributed by atoms with Gasteiger partial charge in [0.1, 0.15) is 0 Å². The molecule has 0 saturated heterocycles. The fourth-order valence-electron chi connectivity index (χ4n) is 2.06. The maximum atomic E-state index is 11.5. The summed E-state index contributed by atoms with van der Waals surface area (Å²) in [5.74, 6) is 0.0154. The number of halogens is 1. The molecule has 3 nitrogen and oxygen atoms in total. The lowest BCUT2D eigenvalue weighted by Gasteiger charge is -2.03. The molecule has 1 aromatic carbocycles. The smallest absolute Gasteiger partial charge is 0.220 e. The fraction of sp³-hybridized carbons (Fsp3) is 0.267. The Hall–Kier alpha value is -1.74. The van der Waals surface area contributed by atoms with E-state index in [4.69, 9.17) is 11.6 Å². The molecular weight excluding hydrogens is 260 g/mol. The van der Waals surface area contributed by atoms with Crippen molar-refractivity contribution < 1.29 is 4.79 Å². The minimum atomic E-state index is 0.0154. The monoisotopic (exact) mass is 276 g/mol. The van der Waals surface area contributed by atoms with E-state index in [0.29, 0.717) is 18.0 Å². The summed E-state index contributed by atoms with van der Waals surface area (Å²) < 4.78 is 0. The van der Waals surface area contributed by atoms with Crippen molar-refractivity contribution in [3.05, 3.63) is 47.6 Å². The first-order chi connectivity index (χ1) is 9.16. The van der Waals surface area contributed by atoms with Crippen LogP contribution in [0.25, 0.3) is 10.9 Å². The van der Waals surface area contributed by atoms with E-state index in [9.17, 15) is 4.79 Å². The van der Waals surface area contributed by atoms with Crippen LogP contribution in [-0.2, 0) is 11.2 Å². The quantitative estimate of drug-likeness (QED) is 0.835. The van der Waals surface area contributed by atoms with Crippen molar-refractivity contribution in [3.63, 3.8) is 0 Å². The van der Waals surface area contributed by atoms with Crippen LogP contribution in [0, 0.1) is 0 Å². The molecule has 100 valence electrons. The molecule has 0 spiro atoms. The van der Waals surface area contributed by atoms with Crippen molar-refractivity contribution in [2.75, 3.05) is 6.54 Å². The van der Waals surface area contributed by atoms with Crippen LogP contribution in [0.1, 0.15) is 18.4 Å². The van der Waals surface area contributed by atoms with Crippen LogP contribution in [0.5, 0.6) is 0 Å². The van der Waals surface area contributed by atoms with Gasteiger partial charge in [0.2, 0.25) is 5.91 Å². The van der Waals surface area contributed by atoms with Gasteiger partial charge in [-0.15, -0.1) is 0 Å². The van der Waals surface area contributed by atoms with Crippen LogP contribution in [-0.4, -0.2) is 17.4 Å². The van der Waals surface area contributed by atoms with E-state index < -0.39 is 0 Å². The molecule has 2 rings (SSSR count). The molecule has 2 aromatic rings. The summed E-state index contributed by atoms with van der Waals surface area (Å²) in [7, 11) is 0. The zero-order chi connectivity index (χ0) is 13.7. The highest BCUT2D eigenvalue weighted by molar-refractivity contribution is 6.29. The number of hydrogen-bond acceptors (Lipinski definition) is 1. The Morgan fingerprint density at radius 3 is 2.95 bits per heavy atom. The molecule has 1 aromatic heterocycles. The molecule has 0 atom stereocenters. The van der Waals surface area contributed by atoms with Gasteiger partial charge in [-0.3, -0.25) is 4.79 Å². The van der Waals surface area contributed by atoms with Crippen LogP contribution in [0.15, 0.2) is 42.1 Å². The molecule has 0 fully saturated rings. The molecule has 4 heteroatoms. The van der Waals surface area contributed by atoms with Crippen molar-refractivity contribution in [2.45, 2.75) is 19.3 Å². The average Bonchev–Trinajstić information content (AvgIpc) is 2.80. The second-order valence-corrected chi connectivity index (χ2v) is 5.04. The third-order valence-corrected chi connectivity index (χ3v) is 3.14. The van der Waals surface area contributed by atoms with Crippen LogP contribution in [0.3, 0.4) is 0 Å². The van der Waals surface area contributed by atoms with Gasteiger partial charge < -0.3 is 10.3 Å². The number of hydrogen-bond donors (Lipinski definition) is 2. The van der Waals surface area contributed by atoms with Gasteiger partial charge in [0, 0.05) is 28.6 Å². The Morgan fingerprint density at radius 1 is 1.37 bits per heavy atom. The van der Waals surface area contributed by atoms with E-state index in [1.54, 1.807) is 0 Å². The zero-order valence-electron chi connectivity index (χ0n) is 10.7. The van der Waals surface area contributed by atoms with Crippen molar-refractivity contribution in [2.24, 2.45) is 0 Å². The second kappa shape index (κ2) is 6.43. The topological polar surface area (TPSA) is 44.9 Å². The number of fused-ring (bicyclic) bond motifs is 1. The Bertz CT molecular complexity index is 589. The minimum absolute atomic E-state index is 0.0154. The third kappa shape index (κ3) is 3.86. The number of rotatable bonds is 6. The summed E-state index contributed by atoms with van der Waals surface area (Å²) >= 11 is 5.59. The second-order valence-electron chi connectivity index (χ2n) is 4.51. The summed E-state index contributed by atoms with van der Waals surface area (Å²) in [5, 5.41) is 4.40. The third-order valence-electron chi connectivity index (χ3n) is 3.00. The number of amides is 1. The highest BCUT2D eigenvalue weighted by atomic mass is 35.5. The van der Waals surface area contributed by atoms with Gasteiger partial charge in [-0.25, -0.2) is 0 Å². The van der Waals surface area contributed by atoms with Gasteiger partial charge in [-0.1, -0.05) is 36.4 Å². The predicted octanol–water partition coefficient (Wildman–Crippen LogP) is 3.36. The van der Waals surface area contributed by atoms with E-state index in [1.165, 1.54) is 10.9 Å². The van der Waals surface area contributed by atoms with E-state index >= 15 is 0 Å². The number of carbonyl (C=O) groups excluding carboxylic acids is 1. The number of benzene rings is 1. The molecule has 0 unspecified atom stereocenters. The van der Waals surface area contributed by atoms with Crippen LogP contribution in [0.4, 0.5) is 0 Å². The van der Waals surface area contributed by atoms with Crippen molar-refractivity contribution >= 4 is 28.4 Å². The maximum Gasteiger partial charge on any atom is 0.220 e. The van der Waals surface area contributed by atoms with Gasteiger partial charge >= 0.3 is 0 Å². The molecular formula is C15H17ClN2O. The fourth-order valence-corrected chi connectivity index (χ4v) is 2.13. The van der Waals surface area contributed by atoms with E-state index in [-0.39, 0.29) is 5.91 Å². The zero-order valence-corrected chi connectivity index (χ0v) is 11.5. The first-order valence-electron chi connectivity index (χ1n) is 6.32. The summed E-state index contributed by atoms with van der Waals surface area (Å²) in [6, 6.07) is 8.18. The van der Waals surface area contributed by atoms with Crippen LogP contribution >= 0.6 is 11.6 Å². The van der Waals surface area contributed by atoms with Crippen molar-refractivity contribution in [1.29, 1.82) is 0 Å². The SMILES string of the molecule is C=C(Cl)CNC(=O)CCCc1c[nH]c2ccccc12. The summed E-state index contributed by atoms with van der Waals surface area (Å²) in [4.78, 5) is 14.8. The standard InChI is InChI=1S/C15H17ClN2O/c1-11(16)9-18-15(19)8-4-5-12-10-17-14-7-3-2-6-13(12)14/h2-3,6-7,10,17H,1,4-5,8-9H2,(H,18,19). The minimum Gasteiger partial charge on any atom is -0.361 e. The van der Waals surface area contributed by atoms with Crippen LogP contribution in [0.2, 0.25) is 0 Å². The highest BCUT2D eigenvalue weighted by Gasteiger charge is 2.05.